The number of hydrogen-bond donors (Lipinski definition) is 1. The van der Waals surface area contributed by atoms with E-state index in [-0.39, 0.29) is 11.4 Å². The van der Waals surface area contributed by atoms with E-state index in [1.54, 1.807) is 12.2 Å². The predicted molar refractivity (Wildman–Crippen MR) is 59.0 cm³/mol. The van der Waals surface area contributed by atoms with Crippen LogP contribution >= 0.6 is 0 Å². The van der Waals surface area contributed by atoms with Gasteiger partial charge in [0.15, 0.2) is 0 Å². The van der Waals surface area contributed by atoms with E-state index in [9.17, 15) is 18.0 Å². The standard InChI is InChI=1S/C11H12F3NO3/c1-6-8(17-2)5-4-7(9(6)18-3)15-10(16)11(12,13)14/h4-5H,1-3H3,(H,15,16). The maximum Gasteiger partial charge on any atom is 0.471 e. The Bertz CT molecular complexity index is 458. The van der Waals surface area contributed by atoms with Gasteiger partial charge in [-0.25, -0.2) is 0 Å². The van der Waals surface area contributed by atoms with Crippen molar-refractivity contribution in [3.63, 3.8) is 0 Å². The van der Waals surface area contributed by atoms with Crippen molar-refractivity contribution in [1.82, 2.24) is 0 Å². The zero-order chi connectivity index (χ0) is 13.9. The lowest BCUT2D eigenvalue weighted by Gasteiger charge is -2.15. The lowest BCUT2D eigenvalue weighted by Crippen LogP contribution is -2.30. The minimum absolute atomic E-state index is 0.0573. The molecule has 0 fully saturated rings. The third-order valence-electron chi connectivity index (χ3n) is 2.29. The first-order valence-electron chi connectivity index (χ1n) is 4.91. The quantitative estimate of drug-likeness (QED) is 0.911. The largest absolute Gasteiger partial charge is 0.496 e. The third-order valence-corrected chi connectivity index (χ3v) is 2.29. The Hall–Kier alpha value is -1.92. The van der Waals surface area contributed by atoms with Gasteiger partial charge in [-0.2, -0.15) is 13.2 Å². The summed E-state index contributed by atoms with van der Waals surface area (Å²) in [6.07, 6.45) is -4.95. The zero-order valence-corrected chi connectivity index (χ0v) is 10.0. The van der Waals surface area contributed by atoms with Gasteiger partial charge in [-0.3, -0.25) is 4.79 Å². The van der Waals surface area contributed by atoms with Crippen LogP contribution in [0, 0.1) is 6.92 Å². The maximum absolute atomic E-state index is 12.1. The molecule has 0 radical (unpaired) electrons. The van der Waals surface area contributed by atoms with Crippen LogP contribution in [0.25, 0.3) is 0 Å². The highest BCUT2D eigenvalue weighted by molar-refractivity contribution is 5.96. The second-order valence-electron chi connectivity index (χ2n) is 3.43. The predicted octanol–water partition coefficient (Wildman–Crippen LogP) is 2.51. The second-order valence-corrected chi connectivity index (χ2v) is 3.43. The summed E-state index contributed by atoms with van der Waals surface area (Å²) in [6, 6.07) is 2.73. The molecule has 1 amide bonds. The van der Waals surface area contributed by atoms with Crippen LogP contribution < -0.4 is 14.8 Å². The summed E-state index contributed by atoms with van der Waals surface area (Å²) < 4.78 is 46.4. The molecular formula is C11H12F3NO3. The van der Waals surface area contributed by atoms with Crippen LogP contribution in [0.5, 0.6) is 11.5 Å². The van der Waals surface area contributed by atoms with Crippen LogP contribution in [-0.2, 0) is 4.79 Å². The number of benzene rings is 1. The molecule has 0 bridgehead atoms. The lowest BCUT2D eigenvalue weighted by atomic mass is 10.1. The Kier molecular flexibility index (Phi) is 4.05. The molecule has 0 aliphatic rings. The molecule has 0 saturated heterocycles. The van der Waals surface area contributed by atoms with E-state index in [1.807, 2.05) is 0 Å². The fourth-order valence-electron chi connectivity index (χ4n) is 1.45. The van der Waals surface area contributed by atoms with Crippen LogP contribution in [-0.4, -0.2) is 26.3 Å². The van der Waals surface area contributed by atoms with Crippen molar-refractivity contribution in [3.8, 4) is 11.5 Å². The lowest BCUT2D eigenvalue weighted by molar-refractivity contribution is -0.167. The summed E-state index contributed by atoms with van der Waals surface area (Å²) in [5.41, 5.74) is 0.443. The van der Waals surface area contributed by atoms with Crippen molar-refractivity contribution in [3.05, 3.63) is 17.7 Å². The van der Waals surface area contributed by atoms with Gasteiger partial charge in [0.2, 0.25) is 0 Å². The van der Waals surface area contributed by atoms with Crippen LogP contribution in [0.3, 0.4) is 0 Å². The van der Waals surface area contributed by atoms with E-state index in [0.717, 1.165) is 0 Å². The summed E-state index contributed by atoms with van der Waals surface area (Å²) in [5, 5.41) is 1.75. The molecular weight excluding hydrogens is 251 g/mol. The Balaban J connectivity index is 3.11. The van der Waals surface area contributed by atoms with Crippen LogP contribution in [0.4, 0.5) is 18.9 Å². The van der Waals surface area contributed by atoms with E-state index < -0.39 is 12.1 Å². The Morgan fingerprint density at radius 1 is 1.22 bits per heavy atom. The molecule has 0 atom stereocenters. The molecule has 100 valence electrons. The summed E-state index contributed by atoms with van der Waals surface area (Å²) in [7, 11) is 2.72. The van der Waals surface area contributed by atoms with E-state index in [2.05, 4.69) is 0 Å². The van der Waals surface area contributed by atoms with Gasteiger partial charge in [-0.1, -0.05) is 0 Å². The molecule has 0 unspecified atom stereocenters. The number of alkyl halides is 3. The van der Waals surface area contributed by atoms with Crippen LogP contribution in [0.2, 0.25) is 0 Å². The first-order chi connectivity index (χ1) is 8.31. The average Bonchev–Trinajstić information content (AvgIpc) is 2.28. The van der Waals surface area contributed by atoms with Gasteiger partial charge in [0, 0.05) is 5.56 Å². The zero-order valence-electron chi connectivity index (χ0n) is 10.0. The number of halogens is 3. The highest BCUT2D eigenvalue weighted by atomic mass is 19.4. The number of carbonyl (C=O) groups excluding carboxylic acids is 1. The van der Waals surface area contributed by atoms with Crippen molar-refractivity contribution in [2.24, 2.45) is 0 Å². The van der Waals surface area contributed by atoms with Gasteiger partial charge in [0.05, 0.1) is 19.9 Å². The highest BCUT2D eigenvalue weighted by Crippen LogP contribution is 2.35. The van der Waals surface area contributed by atoms with E-state index in [4.69, 9.17) is 9.47 Å². The Morgan fingerprint density at radius 3 is 2.28 bits per heavy atom. The SMILES string of the molecule is COc1ccc(NC(=O)C(F)(F)F)c(OC)c1C. The molecule has 0 heterocycles. The highest BCUT2D eigenvalue weighted by Gasteiger charge is 2.39. The minimum Gasteiger partial charge on any atom is -0.496 e. The summed E-state index contributed by atoms with van der Waals surface area (Å²) in [4.78, 5) is 10.8. The number of carbonyl (C=O) groups is 1. The normalized spacial score (nSPS) is 11.0. The molecule has 0 aromatic heterocycles. The van der Waals surface area contributed by atoms with E-state index in [1.165, 1.54) is 26.4 Å². The molecule has 1 aromatic rings. The number of amides is 1. The van der Waals surface area contributed by atoms with Crippen molar-refractivity contribution >= 4 is 11.6 Å². The summed E-state index contributed by atoms with van der Waals surface area (Å²) in [6.45, 7) is 1.61. The average molecular weight is 263 g/mol. The number of anilines is 1. The number of rotatable bonds is 3. The number of nitrogens with one attached hydrogen (secondary N) is 1. The van der Waals surface area contributed by atoms with Gasteiger partial charge in [-0.05, 0) is 19.1 Å². The molecule has 0 saturated carbocycles. The smallest absolute Gasteiger partial charge is 0.471 e. The first-order valence-corrected chi connectivity index (χ1v) is 4.91. The van der Waals surface area contributed by atoms with Crippen molar-refractivity contribution in [1.29, 1.82) is 0 Å². The first kappa shape index (κ1) is 14.1. The van der Waals surface area contributed by atoms with Crippen LogP contribution in [0.1, 0.15) is 5.56 Å². The van der Waals surface area contributed by atoms with Gasteiger partial charge in [0.1, 0.15) is 11.5 Å². The number of methoxy groups -OCH3 is 2. The number of ether oxygens (including phenoxy) is 2. The monoisotopic (exact) mass is 263 g/mol. The van der Waals surface area contributed by atoms with E-state index in [0.29, 0.717) is 11.3 Å². The molecule has 18 heavy (non-hydrogen) atoms. The van der Waals surface area contributed by atoms with Gasteiger partial charge in [0.25, 0.3) is 0 Å². The van der Waals surface area contributed by atoms with Gasteiger partial charge >= 0.3 is 12.1 Å². The van der Waals surface area contributed by atoms with Crippen molar-refractivity contribution in [2.75, 3.05) is 19.5 Å². The molecule has 1 rings (SSSR count). The molecule has 0 spiro atoms. The molecule has 0 aliphatic carbocycles. The molecule has 0 aliphatic heterocycles. The molecule has 1 aromatic carbocycles. The topological polar surface area (TPSA) is 47.6 Å². The Labute approximate surface area is 102 Å². The third kappa shape index (κ3) is 2.85. The molecule has 1 N–H and O–H groups in total. The van der Waals surface area contributed by atoms with E-state index >= 15 is 0 Å². The summed E-state index contributed by atoms with van der Waals surface area (Å²) >= 11 is 0. The summed E-state index contributed by atoms with van der Waals surface area (Å²) in [5.74, 6) is -1.46. The van der Waals surface area contributed by atoms with Crippen LogP contribution in [0.15, 0.2) is 12.1 Å². The fraction of sp³-hybridized carbons (Fsp3) is 0.364. The van der Waals surface area contributed by atoms with Crippen molar-refractivity contribution < 1.29 is 27.4 Å². The minimum atomic E-state index is -4.95. The second kappa shape index (κ2) is 5.16. The Morgan fingerprint density at radius 2 is 1.83 bits per heavy atom. The van der Waals surface area contributed by atoms with Gasteiger partial charge < -0.3 is 14.8 Å². The molecule has 7 heteroatoms. The number of hydrogen-bond acceptors (Lipinski definition) is 3. The van der Waals surface area contributed by atoms with Gasteiger partial charge in [-0.15, -0.1) is 0 Å². The molecule has 4 nitrogen and oxygen atoms in total. The fourth-order valence-corrected chi connectivity index (χ4v) is 1.45. The maximum atomic E-state index is 12.1. The van der Waals surface area contributed by atoms with Crippen molar-refractivity contribution in [2.45, 2.75) is 13.1 Å².